The Labute approximate surface area is 174 Å². The van der Waals surface area contributed by atoms with Crippen molar-refractivity contribution in [3.63, 3.8) is 0 Å². The third kappa shape index (κ3) is 4.25. The first-order valence-corrected chi connectivity index (χ1v) is 10.2. The second kappa shape index (κ2) is 8.49. The van der Waals surface area contributed by atoms with E-state index in [1.165, 1.54) is 18.6 Å². The first-order valence-electron chi connectivity index (χ1n) is 10.2. The average Bonchev–Trinajstić information content (AvgIpc) is 3.20. The standard InChI is InChI=1S/C23H24N4O3/c1-16-6-5-9-20(14-16)26-22(23(28)24-18-7-3-2-4-8-18)15-21(25-26)17-10-12-19(13-11-17)27(29)30/h5-6,9-15,18H,2-4,7-8H2,1H3,(H,24,28). The lowest BCUT2D eigenvalue weighted by Gasteiger charge is -2.22. The molecule has 3 aromatic rings. The largest absolute Gasteiger partial charge is 0.348 e. The zero-order valence-corrected chi connectivity index (χ0v) is 16.9. The second-order valence-electron chi connectivity index (χ2n) is 7.78. The van der Waals surface area contributed by atoms with Gasteiger partial charge in [-0.3, -0.25) is 14.9 Å². The molecule has 0 spiro atoms. The maximum atomic E-state index is 13.1. The van der Waals surface area contributed by atoms with E-state index in [0.29, 0.717) is 11.4 Å². The quantitative estimate of drug-likeness (QED) is 0.488. The van der Waals surface area contributed by atoms with Gasteiger partial charge in [-0.1, -0.05) is 31.4 Å². The third-order valence-corrected chi connectivity index (χ3v) is 5.50. The third-order valence-electron chi connectivity index (χ3n) is 5.50. The minimum absolute atomic E-state index is 0.0205. The molecule has 7 heteroatoms. The summed E-state index contributed by atoms with van der Waals surface area (Å²) in [5, 5.41) is 18.8. The molecule has 0 radical (unpaired) electrons. The lowest BCUT2D eigenvalue weighted by molar-refractivity contribution is -0.384. The summed E-state index contributed by atoms with van der Waals surface area (Å²) in [5.41, 5.74) is 3.67. The van der Waals surface area contributed by atoms with Gasteiger partial charge in [0.05, 0.1) is 16.3 Å². The van der Waals surface area contributed by atoms with Crippen molar-refractivity contribution >= 4 is 11.6 Å². The molecule has 154 valence electrons. The molecule has 1 fully saturated rings. The van der Waals surface area contributed by atoms with E-state index in [1.807, 2.05) is 31.2 Å². The zero-order valence-electron chi connectivity index (χ0n) is 16.9. The molecule has 1 aromatic heterocycles. The molecule has 1 aliphatic carbocycles. The number of nitrogens with zero attached hydrogens (tertiary/aromatic N) is 3. The number of nitro groups is 1. The molecule has 0 aliphatic heterocycles. The van der Waals surface area contributed by atoms with E-state index in [0.717, 1.165) is 42.5 Å². The summed E-state index contributed by atoms with van der Waals surface area (Å²) in [5.74, 6) is -0.149. The Morgan fingerprint density at radius 2 is 1.83 bits per heavy atom. The maximum Gasteiger partial charge on any atom is 0.270 e. The van der Waals surface area contributed by atoms with Crippen LogP contribution >= 0.6 is 0 Å². The molecule has 0 saturated heterocycles. The molecule has 0 atom stereocenters. The van der Waals surface area contributed by atoms with Crippen LogP contribution in [-0.4, -0.2) is 26.7 Å². The van der Waals surface area contributed by atoms with Crippen molar-refractivity contribution in [3.8, 4) is 16.9 Å². The number of rotatable bonds is 5. The maximum absolute atomic E-state index is 13.1. The van der Waals surface area contributed by atoms with Gasteiger partial charge in [0.1, 0.15) is 5.69 Å². The minimum atomic E-state index is -0.432. The molecule has 1 heterocycles. The van der Waals surface area contributed by atoms with Crippen LogP contribution in [0.3, 0.4) is 0 Å². The summed E-state index contributed by atoms with van der Waals surface area (Å²) >= 11 is 0. The first kappa shape index (κ1) is 19.8. The molecular formula is C23H24N4O3. The lowest BCUT2D eigenvalue weighted by atomic mass is 9.95. The fourth-order valence-corrected chi connectivity index (χ4v) is 3.90. The van der Waals surface area contributed by atoms with Crippen molar-refractivity contribution in [3.05, 3.63) is 76.0 Å². The van der Waals surface area contributed by atoms with Crippen molar-refractivity contribution in [2.24, 2.45) is 0 Å². The summed E-state index contributed by atoms with van der Waals surface area (Å²) in [7, 11) is 0. The van der Waals surface area contributed by atoms with Crippen LogP contribution in [0, 0.1) is 17.0 Å². The smallest absolute Gasteiger partial charge is 0.270 e. The number of aromatic nitrogens is 2. The van der Waals surface area contributed by atoms with E-state index in [4.69, 9.17) is 0 Å². The van der Waals surface area contributed by atoms with Crippen LogP contribution < -0.4 is 5.32 Å². The van der Waals surface area contributed by atoms with Crippen LogP contribution in [0.2, 0.25) is 0 Å². The highest BCUT2D eigenvalue weighted by atomic mass is 16.6. The van der Waals surface area contributed by atoms with Crippen LogP contribution in [0.25, 0.3) is 16.9 Å². The van der Waals surface area contributed by atoms with Gasteiger partial charge >= 0.3 is 0 Å². The predicted octanol–water partition coefficient (Wildman–Crippen LogP) is 4.82. The van der Waals surface area contributed by atoms with E-state index in [1.54, 1.807) is 22.9 Å². The van der Waals surface area contributed by atoms with Crippen molar-refractivity contribution in [2.75, 3.05) is 0 Å². The molecule has 7 nitrogen and oxygen atoms in total. The van der Waals surface area contributed by atoms with Crippen LogP contribution in [0.15, 0.2) is 54.6 Å². The number of benzene rings is 2. The summed E-state index contributed by atoms with van der Waals surface area (Å²) in [6.07, 6.45) is 5.49. The Morgan fingerprint density at radius 3 is 2.50 bits per heavy atom. The molecule has 30 heavy (non-hydrogen) atoms. The predicted molar refractivity (Wildman–Crippen MR) is 115 cm³/mol. The number of nitrogens with one attached hydrogen (secondary N) is 1. The summed E-state index contributed by atoms with van der Waals surface area (Å²) in [4.78, 5) is 23.6. The van der Waals surface area contributed by atoms with Gasteiger partial charge in [-0.25, -0.2) is 4.68 Å². The van der Waals surface area contributed by atoms with Crippen molar-refractivity contribution < 1.29 is 9.72 Å². The molecule has 2 aromatic carbocycles. The monoisotopic (exact) mass is 404 g/mol. The highest BCUT2D eigenvalue weighted by Gasteiger charge is 2.22. The van der Waals surface area contributed by atoms with E-state index < -0.39 is 4.92 Å². The van der Waals surface area contributed by atoms with Gasteiger partial charge in [0.25, 0.3) is 11.6 Å². The number of carbonyl (C=O) groups excluding carboxylic acids is 1. The van der Waals surface area contributed by atoms with Crippen molar-refractivity contribution in [1.29, 1.82) is 0 Å². The normalized spacial score (nSPS) is 14.4. The van der Waals surface area contributed by atoms with Gasteiger partial charge in [0.15, 0.2) is 0 Å². The second-order valence-corrected chi connectivity index (χ2v) is 7.78. The molecule has 0 bridgehead atoms. The number of hydrogen-bond acceptors (Lipinski definition) is 4. The highest BCUT2D eigenvalue weighted by molar-refractivity contribution is 5.94. The van der Waals surface area contributed by atoms with Crippen LogP contribution in [0.1, 0.15) is 48.2 Å². The summed E-state index contributed by atoms with van der Waals surface area (Å²) in [6.45, 7) is 1.99. The van der Waals surface area contributed by atoms with Crippen LogP contribution in [-0.2, 0) is 0 Å². The fraction of sp³-hybridized carbons (Fsp3) is 0.304. The summed E-state index contributed by atoms with van der Waals surface area (Å²) < 4.78 is 1.65. The SMILES string of the molecule is Cc1cccc(-n2nc(-c3ccc([N+](=O)[O-])cc3)cc2C(=O)NC2CCCCC2)c1. The molecule has 0 unspecified atom stereocenters. The summed E-state index contributed by atoms with van der Waals surface area (Å²) in [6, 6.07) is 16.0. The molecule has 1 aliphatic rings. The van der Waals surface area contributed by atoms with E-state index >= 15 is 0 Å². The number of carbonyl (C=O) groups is 1. The molecule has 1 saturated carbocycles. The van der Waals surface area contributed by atoms with Gasteiger partial charge < -0.3 is 5.32 Å². The number of hydrogen-bond donors (Lipinski definition) is 1. The fourth-order valence-electron chi connectivity index (χ4n) is 3.90. The Kier molecular flexibility index (Phi) is 5.61. The Morgan fingerprint density at radius 1 is 1.10 bits per heavy atom. The highest BCUT2D eigenvalue weighted by Crippen LogP contribution is 2.25. The van der Waals surface area contributed by atoms with Gasteiger partial charge in [-0.05, 0) is 55.7 Å². The van der Waals surface area contributed by atoms with E-state index in [2.05, 4.69) is 10.4 Å². The van der Waals surface area contributed by atoms with E-state index in [-0.39, 0.29) is 17.6 Å². The van der Waals surface area contributed by atoms with E-state index in [9.17, 15) is 14.9 Å². The number of nitro benzene ring substituents is 1. The van der Waals surface area contributed by atoms with Gasteiger partial charge in [-0.2, -0.15) is 5.10 Å². The van der Waals surface area contributed by atoms with Crippen molar-refractivity contribution in [2.45, 2.75) is 45.1 Å². The number of aryl methyl sites for hydroxylation is 1. The minimum Gasteiger partial charge on any atom is -0.348 e. The molecule has 1 amide bonds. The molecular weight excluding hydrogens is 380 g/mol. The van der Waals surface area contributed by atoms with Gasteiger partial charge in [-0.15, -0.1) is 0 Å². The van der Waals surface area contributed by atoms with Crippen molar-refractivity contribution in [1.82, 2.24) is 15.1 Å². The Balaban J connectivity index is 1.71. The van der Waals surface area contributed by atoms with Crippen LogP contribution in [0.4, 0.5) is 5.69 Å². The first-order chi connectivity index (χ1) is 14.5. The topological polar surface area (TPSA) is 90.1 Å². The Bertz CT molecular complexity index is 1070. The molecule has 4 rings (SSSR count). The van der Waals surface area contributed by atoms with Gasteiger partial charge in [0.2, 0.25) is 0 Å². The van der Waals surface area contributed by atoms with Gasteiger partial charge in [0, 0.05) is 23.7 Å². The zero-order chi connectivity index (χ0) is 21.1. The average molecular weight is 404 g/mol. The lowest BCUT2D eigenvalue weighted by Crippen LogP contribution is -2.37. The van der Waals surface area contributed by atoms with Crippen LogP contribution in [0.5, 0.6) is 0 Å². The number of amides is 1. The number of non-ortho nitro benzene ring substituents is 1. The molecule has 1 N–H and O–H groups in total. The Hall–Kier alpha value is -3.48.